The van der Waals surface area contributed by atoms with E-state index in [1.165, 1.54) is 32.5 Å². The topological polar surface area (TPSA) is 57.4 Å². The summed E-state index contributed by atoms with van der Waals surface area (Å²) in [5, 5.41) is 5.34. The van der Waals surface area contributed by atoms with Gasteiger partial charge in [0.25, 0.3) is 0 Å². The number of nitrogens with one attached hydrogen (secondary N) is 1. The van der Waals surface area contributed by atoms with Crippen molar-refractivity contribution >= 4 is 28.2 Å². The molecule has 3 N–H and O–H groups in total. The molecule has 0 aliphatic carbocycles. The Bertz CT molecular complexity index is 815. The van der Waals surface area contributed by atoms with E-state index < -0.39 is 0 Å². The van der Waals surface area contributed by atoms with E-state index in [0.29, 0.717) is 5.02 Å². The molecule has 166 valence electrons. The maximum Gasteiger partial charge on any atom is 0.0740 e. The van der Waals surface area contributed by atoms with Crippen LogP contribution in [0.25, 0.3) is 10.9 Å². The SMILES string of the molecule is CCC(C)(C)NCCCN1CCN(CCCc2cc(N)c3ccc(Cl)cc3n2)CC1. The van der Waals surface area contributed by atoms with Gasteiger partial charge in [-0.1, -0.05) is 18.5 Å². The zero-order valence-corrected chi connectivity index (χ0v) is 19.6. The molecule has 0 unspecified atom stereocenters. The van der Waals surface area contributed by atoms with Crippen LogP contribution in [0, 0.1) is 0 Å². The number of benzene rings is 1. The number of fused-ring (bicyclic) bond motifs is 1. The number of nitrogen functional groups attached to an aromatic ring is 1. The van der Waals surface area contributed by atoms with Gasteiger partial charge in [-0.2, -0.15) is 0 Å². The van der Waals surface area contributed by atoms with E-state index >= 15 is 0 Å². The summed E-state index contributed by atoms with van der Waals surface area (Å²) in [6, 6.07) is 7.73. The Labute approximate surface area is 187 Å². The maximum atomic E-state index is 6.21. The monoisotopic (exact) mass is 431 g/mol. The molecule has 0 saturated carbocycles. The molecule has 3 rings (SSSR count). The molecule has 1 aliphatic heterocycles. The summed E-state index contributed by atoms with van der Waals surface area (Å²) in [7, 11) is 0. The van der Waals surface area contributed by atoms with Crippen LogP contribution in [0.2, 0.25) is 5.02 Å². The van der Waals surface area contributed by atoms with Crippen molar-refractivity contribution in [1.29, 1.82) is 0 Å². The zero-order chi connectivity index (χ0) is 21.6. The van der Waals surface area contributed by atoms with Gasteiger partial charge in [0.2, 0.25) is 0 Å². The zero-order valence-electron chi connectivity index (χ0n) is 18.9. The molecule has 0 radical (unpaired) electrons. The van der Waals surface area contributed by atoms with Crippen LogP contribution >= 0.6 is 11.6 Å². The van der Waals surface area contributed by atoms with E-state index in [-0.39, 0.29) is 5.54 Å². The predicted molar refractivity (Wildman–Crippen MR) is 129 cm³/mol. The van der Waals surface area contributed by atoms with Gasteiger partial charge in [-0.25, -0.2) is 0 Å². The molecule has 0 amide bonds. The van der Waals surface area contributed by atoms with Gasteiger partial charge in [-0.3, -0.25) is 4.98 Å². The molecular weight excluding hydrogens is 394 g/mol. The van der Waals surface area contributed by atoms with Gasteiger partial charge in [0, 0.05) is 53.5 Å². The second-order valence-electron chi connectivity index (χ2n) is 9.17. The highest BCUT2D eigenvalue weighted by Crippen LogP contribution is 2.24. The largest absolute Gasteiger partial charge is 0.398 e. The quantitative estimate of drug-likeness (QED) is 0.552. The lowest BCUT2D eigenvalue weighted by Crippen LogP contribution is -2.47. The molecular formula is C24H38ClN5. The Hall–Kier alpha value is -1.40. The fourth-order valence-electron chi connectivity index (χ4n) is 3.99. The lowest BCUT2D eigenvalue weighted by molar-refractivity contribution is 0.129. The van der Waals surface area contributed by atoms with Gasteiger partial charge in [0.05, 0.1) is 5.52 Å². The number of hydrogen-bond acceptors (Lipinski definition) is 5. The number of aromatic nitrogens is 1. The van der Waals surface area contributed by atoms with Crippen molar-refractivity contribution in [1.82, 2.24) is 20.1 Å². The fourth-order valence-corrected chi connectivity index (χ4v) is 4.15. The minimum atomic E-state index is 0.259. The summed E-state index contributed by atoms with van der Waals surface area (Å²) in [4.78, 5) is 9.94. The highest BCUT2D eigenvalue weighted by atomic mass is 35.5. The number of aryl methyl sites for hydroxylation is 1. The molecule has 0 atom stereocenters. The Kier molecular flexibility index (Phi) is 8.35. The van der Waals surface area contributed by atoms with E-state index in [0.717, 1.165) is 61.3 Å². The van der Waals surface area contributed by atoms with Crippen LogP contribution in [0.5, 0.6) is 0 Å². The van der Waals surface area contributed by atoms with Gasteiger partial charge >= 0.3 is 0 Å². The molecule has 1 saturated heterocycles. The average Bonchev–Trinajstić information content (AvgIpc) is 2.72. The van der Waals surface area contributed by atoms with E-state index in [2.05, 4.69) is 35.9 Å². The minimum absolute atomic E-state index is 0.259. The van der Waals surface area contributed by atoms with Crippen molar-refractivity contribution < 1.29 is 0 Å². The van der Waals surface area contributed by atoms with Gasteiger partial charge in [-0.15, -0.1) is 0 Å². The first-order chi connectivity index (χ1) is 14.4. The first-order valence-electron chi connectivity index (χ1n) is 11.4. The maximum absolute atomic E-state index is 6.21. The minimum Gasteiger partial charge on any atom is -0.398 e. The summed E-state index contributed by atoms with van der Waals surface area (Å²) in [5.74, 6) is 0. The highest BCUT2D eigenvalue weighted by molar-refractivity contribution is 6.31. The Morgan fingerprint density at radius 2 is 1.73 bits per heavy atom. The molecule has 1 aromatic heterocycles. The van der Waals surface area contributed by atoms with E-state index in [4.69, 9.17) is 22.3 Å². The fraction of sp³-hybridized carbons (Fsp3) is 0.625. The summed E-state index contributed by atoms with van der Waals surface area (Å²) in [5.41, 5.74) is 9.21. The molecule has 30 heavy (non-hydrogen) atoms. The molecule has 0 spiro atoms. The third-order valence-electron chi connectivity index (χ3n) is 6.37. The molecule has 0 bridgehead atoms. The summed E-state index contributed by atoms with van der Waals surface area (Å²) in [6.07, 6.45) is 4.45. The molecule has 2 heterocycles. The Balaban J connectivity index is 1.36. The van der Waals surface area contributed by atoms with Gasteiger partial charge in [0.15, 0.2) is 0 Å². The van der Waals surface area contributed by atoms with Crippen molar-refractivity contribution in [3.05, 3.63) is 35.0 Å². The van der Waals surface area contributed by atoms with Gasteiger partial charge in [-0.05, 0) is 83.4 Å². The summed E-state index contributed by atoms with van der Waals surface area (Å²) >= 11 is 6.11. The normalized spacial score (nSPS) is 16.4. The lowest BCUT2D eigenvalue weighted by Gasteiger charge is -2.35. The second-order valence-corrected chi connectivity index (χ2v) is 9.61. The summed E-state index contributed by atoms with van der Waals surface area (Å²) < 4.78 is 0. The third kappa shape index (κ3) is 6.81. The molecule has 1 fully saturated rings. The number of nitrogens with two attached hydrogens (primary N) is 1. The molecule has 2 aromatic rings. The lowest BCUT2D eigenvalue weighted by atomic mass is 10.0. The van der Waals surface area contributed by atoms with E-state index in [1.807, 2.05) is 24.3 Å². The number of piperazine rings is 1. The van der Waals surface area contributed by atoms with Crippen molar-refractivity contribution in [3.8, 4) is 0 Å². The van der Waals surface area contributed by atoms with E-state index in [9.17, 15) is 0 Å². The number of halogens is 1. The van der Waals surface area contributed by atoms with Crippen LogP contribution < -0.4 is 11.1 Å². The Morgan fingerprint density at radius 3 is 2.40 bits per heavy atom. The Morgan fingerprint density at radius 1 is 1.07 bits per heavy atom. The number of hydrogen-bond donors (Lipinski definition) is 2. The van der Waals surface area contributed by atoms with Crippen LogP contribution in [0.15, 0.2) is 24.3 Å². The number of nitrogens with zero attached hydrogens (tertiary/aromatic N) is 3. The number of rotatable bonds is 10. The molecule has 1 aliphatic rings. The second kappa shape index (κ2) is 10.8. The molecule has 1 aromatic carbocycles. The van der Waals surface area contributed by atoms with Crippen molar-refractivity contribution in [2.24, 2.45) is 0 Å². The van der Waals surface area contributed by atoms with Gasteiger partial charge in [0.1, 0.15) is 0 Å². The van der Waals surface area contributed by atoms with Crippen LogP contribution in [-0.4, -0.2) is 66.1 Å². The smallest absolute Gasteiger partial charge is 0.0740 e. The van der Waals surface area contributed by atoms with Crippen LogP contribution in [0.3, 0.4) is 0 Å². The highest BCUT2D eigenvalue weighted by Gasteiger charge is 2.17. The average molecular weight is 432 g/mol. The first kappa shape index (κ1) is 23.3. The van der Waals surface area contributed by atoms with Gasteiger partial charge < -0.3 is 20.9 Å². The molecule has 6 heteroatoms. The van der Waals surface area contributed by atoms with Crippen molar-refractivity contribution in [3.63, 3.8) is 0 Å². The van der Waals surface area contributed by atoms with Crippen molar-refractivity contribution in [2.75, 3.05) is 51.5 Å². The standard InChI is InChI=1S/C24H38ClN5/c1-4-24(2,3)27-10-6-12-30-15-13-29(14-16-30)11-5-7-20-18-22(26)21-9-8-19(25)17-23(21)28-20/h8-9,17-18,27H,4-7,10-16H2,1-3H3,(H2,26,28). The predicted octanol–water partition coefficient (Wildman–Crippen LogP) is 4.19. The van der Waals surface area contributed by atoms with Crippen molar-refractivity contribution in [2.45, 2.75) is 52.0 Å². The number of pyridine rings is 1. The first-order valence-corrected chi connectivity index (χ1v) is 11.8. The molecule has 5 nitrogen and oxygen atoms in total. The van der Waals surface area contributed by atoms with Crippen LogP contribution in [-0.2, 0) is 6.42 Å². The third-order valence-corrected chi connectivity index (χ3v) is 6.60. The number of anilines is 1. The van der Waals surface area contributed by atoms with Crippen LogP contribution in [0.4, 0.5) is 5.69 Å². The van der Waals surface area contributed by atoms with Crippen LogP contribution in [0.1, 0.15) is 45.7 Å². The summed E-state index contributed by atoms with van der Waals surface area (Å²) in [6.45, 7) is 14.9. The van der Waals surface area contributed by atoms with E-state index in [1.54, 1.807) is 0 Å².